The summed E-state index contributed by atoms with van der Waals surface area (Å²) in [5.74, 6) is 0.884. The Morgan fingerprint density at radius 1 is 1.18 bits per heavy atom. The Morgan fingerprint density at radius 3 is 2.82 bits per heavy atom. The summed E-state index contributed by atoms with van der Waals surface area (Å²) in [6, 6.07) is 10.3. The first-order valence-corrected chi connectivity index (χ1v) is 6.59. The second-order valence-electron chi connectivity index (χ2n) is 5.60. The first-order chi connectivity index (χ1) is 8.33. The van der Waals surface area contributed by atoms with Gasteiger partial charge in [0.15, 0.2) is 5.78 Å². The second-order valence-corrected chi connectivity index (χ2v) is 5.60. The number of ketones is 1. The molecule has 3 fully saturated rings. The Hall–Kier alpha value is -1.15. The van der Waals surface area contributed by atoms with Crippen molar-refractivity contribution < 1.29 is 9.53 Å². The Kier molecular flexibility index (Phi) is 1.85. The number of hydrogen-bond donors (Lipinski definition) is 0. The molecule has 0 unspecified atom stereocenters. The van der Waals surface area contributed by atoms with Gasteiger partial charge in [-0.3, -0.25) is 4.79 Å². The minimum atomic E-state index is -0.0713. The SMILES string of the molecule is O=C1[C@H]2O[C@]23CCCC[C@H]3[C@@H]1c1ccccc1. The lowest BCUT2D eigenvalue weighted by atomic mass is 9.74. The maximum Gasteiger partial charge on any atom is 0.172 e. The highest BCUT2D eigenvalue weighted by Gasteiger charge is 2.73. The van der Waals surface area contributed by atoms with E-state index < -0.39 is 0 Å². The van der Waals surface area contributed by atoms with Gasteiger partial charge in [-0.15, -0.1) is 0 Å². The third-order valence-electron chi connectivity index (χ3n) is 4.81. The van der Waals surface area contributed by atoms with Crippen LogP contribution in [0.2, 0.25) is 0 Å². The molecule has 3 aliphatic rings. The van der Waals surface area contributed by atoms with Crippen LogP contribution >= 0.6 is 0 Å². The minimum absolute atomic E-state index is 0.0458. The van der Waals surface area contributed by atoms with Gasteiger partial charge in [0.2, 0.25) is 0 Å². The van der Waals surface area contributed by atoms with E-state index in [9.17, 15) is 4.79 Å². The highest BCUT2D eigenvalue weighted by molar-refractivity contribution is 5.97. The fourth-order valence-electron chi connectivity index (χ4n) is 4.02. The molecule has 1 heterocycles. The van der Waals surface area contributed by atoms with Crippen LogP contribution in [0.15, 0.2) is 30.3 Å². The van der Waals surface area contributed by atoms with Gasteiger partial charge in [-0.1, -0.05) is 43.2 Å². The molecular weight excluding hydrogens is 212 g/mol. The molecule has 17 heavy (non-hydrogen) atoms. The van der Waals surface area contributed by atoms with Gasteiger partial charge in [-0.2, -0.15) is 0 Å². The van der Waals surface area contributed by atoms with Crippen LogP contribution in [0.25, 0.3) is 0 Å². The fourth-order valence-corrected chi connectivity index (χ4v) is 4.02. The summed E-state index contributed by atoms with van der Waals surface area (Å²) in [5.41, 5.74) is 1.15. The normalized spacial score (nSPS) is 43.1. The average molecular weight is 228 g/mol. The van der Waals surface area contributed by atoms with E-state index in [1.807, 2.05) is 18.2 Å². The van der Waals surface area contributed by atoms with Crippen LogP contribution in [-0.2, 0) is 9.53 Å². The van der Waals surface area contributed by atoms with E-state index in [4.69, 9.17) is 4.74 Å². The first-order valence-electron chi connectivity index (χ1n) is 6.59. The van der Waals surface area contributed by atoms with Gasteiger partial charge in [0.25, 0.3) is 0 Å². The summed E-state index contributed by atoms with van der Waals surface area (Å²) in [6.45, 7) is 0. The first kappa shape index (κ1) is 9.84. The largest absolute Gasteiger partial charge is 0.357 e. The van der Waals surface area contributed by atoms with E-state index >= 15 is 0 Å². The van der Waals surface area contributed by atoms with Crippen molar-refractivity contribution in [1.29, 1.82) is 0 Å². The quantitative estimate of drug-likeness (QED) is 0.692. The molecule has 1 aliphatic heterocycles. The lowest BCUT2D eigenvalue weighted by Crippen LogP contribution is -2.29. The molecule has 1 aromatic carbocycles. The van der Waals surface area contributed by atoms with Crippen molar-refractivity contribution in [3.63, 3.8) is 0 Å². The predicted molar refractivity (Wildman–Crippen MR) is 63.8 cm³/mol. The lowest BCUT2D eigenvalue weighted by Gasteiger charge is -2.30. The molecule has 1 saturated heterocycles. The molecule has 4 rings (SSSR count). The van der Waals surface area contributed by atoms with Crippen molar-refractivity contribution in [2.45, 2.75) is 43.3 Å². The summed E-state index contributed by atoms with van der Waals surface area (Å²) < 4.78 is 5.76. The van der Waals surface area contributed by atoms with Gasteiger partial charge >= 0.3 is 0 Å². The van der Waals surface area contributed by atoms with Crippen LogP contribution in [0.3, 0.4) is 0 Å². The minimum Gasteiger partial charge on any atom is -0.357 e. The summed E-state index contributed by atoms with van der Waals surface area (Å²) in [7, 11) is 0. The third-order valence-corrected chi connectivity index (χ3v) is 4.81. The summed E-state index contributed by atoms with van der Waals surface area (Å²) in [6.07, 6.45) is 4.65. The molecule has 2 nitrogen and oxygen atoms in total. The standard InChI is InChI=1S/C15H16O2/c16-13-12(10-6-2-1-3-7-10)11-8-4-5-9-15(11)14(13)17-15/h1-3,6-7,11-12,14H,4-5,8-9H2/t11-,12-,14+,15-/m0/s1. The van der Waals surface area contributed by atoms with Crippen molar-refractivity contribution in [3.05, 3.63) is 35.9 Å². The zero-order valence-corrected chi connectivity index (χ0v) is 9.76. The number of Topliss-reactive ketones (excluding diaryl/α,β-unsaturated/α-hetero) is 1. The predicted octanol–water partition coefficient (Wildman–Crippen LogP) is 2.68. The molecule has 0 bridgehead atoms. The number of hydrogen-bond acceptors (Lipinski definition) is 2. The van der Waals surface area contributed by atoms with E-state index in [1.165, 1.54) is 18.4 Å². The van der Waals surface area contributed by atoms with Gasteiger partial charge in [0.05, 0.1) is 5.92 Å². The zero-order valence-electron chi connectivity index (χ0n) is 9.76. The zero-order chi connectivity index (χ0) is 11.5. The molecule has 2 saturated carbocycles. The van der Waals surface area contributed by atoms with Gasteiger partial charge < -0.3 is 4.74 Å². The molecule has 0 radical (unpaired) electrons. The van der Waals surface area contributed by atoms with Crippen molar-refractivity contribution in [1.82, 2.24) is 0 Å². The van der Waals surface area contributed by atoms with E-state index in [-0.39, 0.29) is 17.6 Å². The highest BCUT2D eigenvalue weighted by Crippen LogP contribution is 2.63. The van der Waals surface area contributed by atoms with E-state index in [1.54, 1.807) is 0 Å². The average Bonchev–Trinajstić information content (AvgIpc) is 3.03. The number of rotatable bonds is 1. The van der Waals surface area contributed by atoms with Crippen LogP contribution in [0.1, 0.15) is 37.2 Å². The van der Waals surface area contributed by atoms with Crippen LogP contribution < -0.4 is 0 Å². The van der Waals surface area contributed by atoms with Gasteiger partial charge in [-0.05, 0) is 18.4 Å². The summed E-state index contributed by atoms with van der Waals surface area (Å²) >= 11 is 0. The van der Waals surface area contributed by atoms with Crippen molar-refractivity contribution in [3.8, 4) is 0 Å². The van der Waals surface area contributed by atoms with Gasteiger partial charge in [-0.25, -0.2) is 0 Å². The van der Waals surface area contributed by atoms with E-state index in [0.717, 1.165) is 12.8 Å². The number of ether oxygens (including phenoxy) is 1. The molecule has 2 aliphatic carbocycles. The summed E-state index contributed by atoms with van der Waals surface area (Å²) in [4.78, 5) is 12.4. The Balaban J connectivity index is 1.75. The molecule has 1 aromatic rings. The van der Waals surface area contributed by atoms with Crippen molar-refractivity contribution in [2.24, 2.45) is 5.92 Å². The lowest BCUT2D eigenvalue weighted by molar-refractivity contribution is -0.122. The topological polar surface area (TPSA) is 29.6 Å². The van der Waals surface area contributed by atoms with Crippen molar-refractivity contribution >= 4 is 5.78 Å². The van der Waals surface area contributed by atoms with Crippen molar-refractivity contribution in [2.75, 3.05) is 0 Å². The van der Waals surface area contributed by atoms with Crippen LogP contribution in [0.4, 0.5) is 0 Å². The Bertz CT molecular complexity index is 467. The van der Waals surface area contributed by atoms with Crippen LogP contribution in [0, 0.1) is 5.92 Å². The van der Waals surface area contributed by atoms with Crippen LogP contribution in [-0.4, -0.2) is 17.5 Å². The van der Waals surface area contributed by atoms with E-state index in [2.05, 4.69) is 12.1 Å². The number of benzene rings is 1. The van der Waals surface area contributed by atoms with Gasteiger partial charge in [0, 0.05) is 5.92 Å². The highest BCUT2D eigenvalue weighted by atomic mass is 16.6. The number of carbonyl (C=O) groups is 1. The summed E-state index contributed by atoms with van der Waals surface area (Å²) in [5, 5.41) is 0. The maximum absolute atomic E-state index is 12.4. The molecule has 1 spiro atoms. The maximum atomic E-state index is 12.4. The Labute approximate surface area is 101 Å². The third kappa shape index (κ3) is 1.17. The number of epoxide rings is 1. The van der Waals surface area contributed by atoms with E-state index in [0.29, 0.717) is 11.7 Å². The Morgan fingerprint density at radius 2 is 2.00 bits per heavy atom. The molecule has 0 aromatic heterocycles. The second kappa shape index (κ2) is 3.20. The number of carbonyl (C=O) groups excluding carboxylic acids is 1. The smallest absolute Gasteiger partial charge is 0.172 e. The molecule has 0 amide bonds. The molecule has 4 atom stereocenters. The monoisotopic (exact) mass is 228 g/mol. The fraction of sp³-hybridized carbons (Fsp3) is 0.533. The molecule has 2 heteroatoms. The molecule has 88 valence electrons. The molecule has 0 N–H and O–H groups in total. The van der Waals surface area contributed by atoms with Gasteiger partial charge in [0.1, 0.15) is 11.7 Å². The van der Waals surface area contributed by atoms with Crippen LogP contribution in [0.5, 0.6) is 0 Å². The molecular formula is C15H16O2.